The van der Waals surface area contributed by atoms with Crippen molar-refractivity contribution in [1.29, 1.82) is 0 Å². The standard InChI is InChI=1S/C24H24ClF6N3O3/c25-19-10-34(22-7-13-1-14(8-22)3-15(2-13)9-22)33-20(19)21(35)32-16-4-17(36-11-23(26,27)28)6-18(5-16)37-12-24(29,30)31/h4-6,10,13-15H,1-3,7-9,11-12H2,(H,32,35). The molecule has 2 aromatic rings. The molecule has 1 N–H and O–H groups in total. The number of carbonyl (C=O) groups is 1. The normalized spacial score (nSPS) is 26.8. The Morgan fingerprint density at radius 2 is 1.43 bits per heavy atom. The monoisotopic (exact) mass is 551 g/mol. The summed E-state index contributed by atoms with van der Waals surface area (Å²) in [4.78, 5) is 13.0. The third kappa shape index (κ3) is 5.94. The third-order valence-corrected chi connectivity index (χ3v) is 7.60. The molecule has 0 radical (unpaired) electrons. The van der Waals surface area contributed by atoms with Crippen LogP contribution in [0.1, 0.15) is 49.0 Å². The highest BCUT2D eigenvalue weighted by Gasteiger charge is 2.52. The molecule has 1 amide bonds. The first kappa shape index (κ1) is 26.0. The molecule has 4 aliphatic carbocycles. The van der Waals surface area contributed by atoms with E-state index >= 15 is 0 Å². The summed E-state index contributed by atoms with van der Waals surface area (Å²) < 4.78 is 86.7. The molecule has 4 aliphatic rings. The van der Waals surface area contributed by atoms with Crippen molar-refractivity contribution in [3.63, 3.8) is 0 Å². The van der Waals surface area contributed by atoms with Gasteiger partial charge in [0.15, 0.2) is 18.9 Å². The van der Waals surface area contributed by atoms with E-state index in [2.05, 4.69) is 19.9 Å². The molecule has 0 atom stereocenters. The van der Waals surface area contributed by atoms with Gasteiger partial charge in [0.1, 0.15) is 11.5 Å². The van der Waals surface area contributed by atoms with Crippen LogP contribution in [0.4, 0.5) is 32.0 Å². The third-order valence-electron chi connectivity index (χ3n) is 7.32. The number of nitrogens with zero attached hydrogens (tertiary/aromatic N) is 2. The van der Waals surface area contributed by atoms with Gasteiger partial charge < -0.3 is 14.8 Å². The molecule has 0 aliphatic heterocycles. The summed E-state index contributed by atoms with van der Waals surface area (Å²) in [6.07, 6.45) is -1.17. The average Bonchev–Trinajstić information content (AvgIpc) is 3.17. The Morgan fingerprint density at radius 1 is 0.946 bits per heavy atom. The van der Waals surface area contributed by atoms with Gasteiger partial charge in [-0.05, 0) is 56.3 Å². The lowest BCUT2D eigenvalue weighted by atomic mass is 9.53. The van der Waals surface area contributed by atoms with Crippen LogP contribution >= 0.6 is 11.6 Å². The number of hydrogen-bond acceptors (Lipinski definition) is 4. The van der Waals surface area contributed by atoms with Gasteiger partial charge in [0.2, 0.25) is 0 Å². The highest BCUT2D eigenvalue weighted by Crippen LogP contribution is 2.58. The highest BCUT2D eigenvalue weighted by molar-refractivity contribution is 6.34. The zero-order chi connectivity index (χ0) is 26.6. The van der Waals surface area contributed by atoms with E-state index in [1.54, 1.807) is 10.9 Å². The van der Waals surface area contributed by atoms with Gasteiger partial charge in [-0.3, -0.25) is 9.48 Å². The second-order valence-corrected chi connectivity index (χ2v) is 10.8. The van der Waals surface area contributed by atoms with Crippen LogP contribution in [-0.2, 0) is 5.54 Å². The average molecular weight is 552 g/mol. The molecule has 1 aromatic carbocycles. The van der Waals surface area contributed by atoms with Crippen molar-refractivity contribution < 1.29 is 40.6 Å². The zero-order valence-corrected chi connectivity index (χ0v) is 20.2. The number of amides is 1. The van der Waals surface area contributed by atoms with Crippen molar-refractivity contribution in [1.82, 2.24) is 9.78 Å². The Bertz CT molecular complexity index is 1110. The molecule has 0 saturated heterocycles. The number of aromatic nitrogens is 2. The van der Waals surface area contributed by atoms with Crippen LogP contribution in [0.25, 0.3) is 0 Å². The maximum Gasteiger partial charge on any atom is 0.422 e. The molecule has 0 spiro atoms. The van der Waals surface area contributed by atoms with Crippen molar-refractivity contribution in [3.8, 4) is 11.5 Å². The summed E-state index contributed by atoms with van der Waals surface area (Å²) in [7, 11) is 0. The minimum atomic E-state index is -4.68. The molecule has 4 saturated carbocycles. The molecule has 1 heterocycles. The number of anilines is 1. The predicted molar refractivity (Wildman–Crippen MR) is 121 cm³/mol. The Labute approximate surface area is 213 Å². The van der Waals surface area contributed by atoms with Crippen LogP contribution in [0.15, 0.2) is 24.4 Å². The summed E-state index contributed by atoms with van der Waals surface area (Å²) >= 11 is 6.37. The maximum atomic E-state index is 13.0. The van der Waals surface area contributed by atoms with E-state index in [1.807, 2.05) is 0 Å². The molecule has 6 rings (SSSR count). The molecule has 202 valence electrons. The van der Waals surface area contributed by atoms with Gasteiger partial charge in [-0.1, -0.05) is 11.6 Å². The lowest BCUT2D eigenvalue weighted by Crippen LogP contribution is -2.52. The second kappa shape index (κ2) is 9.28. The number of halogens is 7. The largest absolute Gasteiger partial charge is 0.484 e. The van der Waals surface area contributed by atoms with E-state index in [-0.39, 0.29) is 21.9 Å². The van der Waals surface area contributed by atoms with Crippen LogP contribution in [0, 0.1) is 17.8 Å². The summed E-state index contributed by atoms with van der Waals surface area (Å²) in [6, 6.07) is 2.98. The zero-order valence-electron chi connectivity index (χ0n) is 19.5. The quantitative estimate of drug-likeness (QED) is 0.394. The minimum absolute atomic E-state index is 0.0863. The van der Waals surface area contributed by atoms with Gasteiger partial charge in [0.25, 0.3) is 5.91 Å². The van der Waals surface area contributed by atoms with Crippen LogP contribution < -0.4 is 14.8 Å². The van der Waals surface area contributed by atoms with E-state index in [0.29, 0.717) is 17.8 Å². The van der Waals surface area contributed by atoms with Gasteiger partial charge >= 0.3 is 12.4 Å². The van der Waals surface area contributed by atoms with Crippen molar-refractivity contribution in [3.05, 3.63) is 35.1 Å². The summed E-state index contributed by atoms with van der Waals surface area (Å²) in [5, 5.41) is 7.03. The van der Waals surface area contributed by atoms with Gasteiger partial charge in [-0.2, -0.15) is 31.4 Å². The van der Waals surface area contributed by atoms with E-state index in [1.165, 1.54) is 19.3 Å². The van der Waals surface area contributed by atoms with E-state index in [0.717, 1.165) is 37.5 Å². The molecular weight excluding hydrogens is 528 g/mol. The van der Waals surface area contributed by atoms with Crippen LogP contribution in [0.5, 0.6) is 11.5 Å². The predicted octanol–water partition coefficient (Wildman–Crippen LogP) is 6.60. The first-order valence-corrected chi connectivity index (χ1v) is 12.3. The van der Waals surface area contributed by atoms with Gasteiger partial charge in [0, 0.05) is 30.1 Å². The van der Waals surface area contributed by atoms with Gasteiger partial charge in [-0.25, -0.2) is 0 Å². The topological polar surface area (TPSA) is 65.4 Å². The summed E-state index contributed by atoms with van der Waals surface area (Å²) in [6.45, 7) is -3.35. The fraction of sp³-hybridized carbons (Fsp3) is 0.583. The van der Waals surface area contributed by atoms with Crippen LogP contribution in [0.3, 0.4) is 0 Å². The number of ether oxygens (including phenoxy) is 2. The summed E-state index contributed by atoms with van der Waals surface area (Å²) in [5.41, 5.74) is -0.417. The van der Waals surface area contributed by atoms with E-state index in [4.69, 9.17) is 11.6 Å². The number of benzene rings is 1. The number of carbonyl (C=O) groups excluding carboxylic acids is 1. The Hall–Kier alpha value is -2.63. The molecule has 37 heavy (non-hydrogen) atoms. The molecular formula is C24H24ClF6N3O3. The molecule has 4 bridgehead atoms. The van der Waals surface area contributed by atoms with E-state index < -0.39 is 43.0 Å². The molecule has 1 aromatic heterocycles. The molecule has 4 fully saturated rings. The van der Waals surface area contributed by atoms with E-state index in [9.17, 15) is 31.1 Å². The SMILES string of the molecule is O=C(Nc1cc(OCC(F)(F)F)cc(OCC(F)(F)F)c1)c1nn(C23CC4CC(CC(C4)C2)C3)cc1Cl. The Balaban J connectivity index is 1.36. The van der Waals surface area contributed by atoms with Crippen LogP contribution in [0.2, 0.25) is 5.02 Å². The van der Waals surface area contributed by atoms with Gasteiger partial charge in [0.05, 0.1) is 10.6 Å². The molecule has 0 unspecified atom stereocenters. The first-order chi connectivity index (χ1) is 17.3. The van der Waals surface area contributed by atoms with Crippen molar-refractivity contribution in [2.24, 2.45) is 17.8 Å². The minimum Gasteiger partial charge on any atom is -0.484 e. The number of alkyl halides is 6. The fourth-order valence-electron chi connectivity index (χ4n) is 6.43. The lowest BCUT2D eigenvalue weighted by Gasteiger charge is -2.56. The van der Waals surface area contributed by atoms with Crippen molar-refractivity contribution in [2.45, 2.75) is 56.4 Å². The second-order valence-electron chi connectivity index (χ2n) is 10.4. The fourth-order valence-corrected chi connectivity index (χ4v) is 6.64. The first-order valence-electron chi connectivity index (χ1n) is 11.9. The smallest absolute Gasteiger partial charge is 0.422 e. The molecule has 6 nitrogen and oxygen atoms in total. The van der Waals surface area contributed by atoms with Gasteiger partial charge in [-0.15, -0.1) is 0 Å². The Kier molecular flexibility index (Phi) is 6.52. The number of hydrogen-bond donors (Lipinski definition) is 1. The van der Waals surface area contributed by atoms with Crippen molar-refractivity contribution >= 4 is 23.2 Å². The summed E-state index contributed by atoms with van der Waals surface area (Å²) in [5.74, 6) is 0.251. The Morgan fingerprint density at radius 3 is 1.89 bits per heavy atom. The number of nitrogens with one attached hydrogen (secondary N) is 1. The number of rotatable bonds is 7. The molecule has 13 heteroatoms. The lowest BCUT2D eigenvalue weighted by molar-refractivity contribution is -0.153. The van der Waals surface area contributed by atoms with Crippen LogP contribution in [-0.4, -0.2) is 41.3 Å². The maximum absolute atomic E-state index is 13.0. The van der Waals surface area contributed by atoms with Crippen molar-refractivity contribution in [2.75, 3.05) is 18.5 Å². The highest BCUT2D eigenvalue weighted by atomic mass is 35.5.